The molecule has 2 heteroatoms. The molecule has 0 saturated heterocycles. The summed E-state index contributed by atoms with van der Waals surface area (Å²) < 4.78 is 5.49. The summed E-state index contributed by atoms with van der Waals surface area (Å²) in [4.78, 5) is 11.9. The van der Waals surface area contributed by atoms with Crippen LogP contribution in [0.25, 0.3) is 0 Å². The Morgan fingerprint density at radius 1 is 0.760 bits per heavy atom. The predicted molar refractivity (Wildman–Crippen MR) is 110 cm³/mol. The van der Waals surface area contributed by atoms with E-state index < -0.39 is 0 Å². The van der Waals surface area contributed by atoms with Gasteiger partial charge < -0.3 is 4.74 Å². The van der Waals surface area contributed by atoms with Crippen LogP contribution in [0, 0.1) is 5.92 Å². The number of ether oxygens (including phenoxy) is 1. The summed E-state index contributed by atoms with van der Waals surface area (Å²) in [6.07, 6.45) is 22.4. The maximum Gasteiger partial charge on any atom is 0.330 e. The Labute approximate surface area is 157 Å². The molecule has 0 radical (unpaired) electrons. The summed E-state index contributed by atoms with van der Waals surface area (Å²) in [5.41, 5.74) is 0. The zero-order valence-corrected chi connectivity index (χ0v) is 17.4. The Kier molecular flexibility index (Phi) is 18.9. The van der Waals surface area contributed by atoms with Crippen molar-refractivity contribution in [1.29, 1.82) is 0 Å². The molecule has 0 amide bonds. The van der Waals surface area contributed by atoms with Crippen LogP contribution >= 0.6 is 0 Å². The average molecular weight is 353 g/mol. The molecule has 0 aliphatic carbocycles. The molecule has 0 rings (SSSR count). The van der Waals surface area contributed by atoms with Crippen molar-refractivity contribution in [2.24, 2.45) is 5.92 Å². The lowest BCUT2D eigenvalue weighted by Crippen LogP contribution is -2.13. The lowest BCUT2D eigenvalue weighted by atomic mass is 9.96. The summed E-state index contributed by atoms with van der Waals surface area (Å²) in [5.74, 6) is 0.397. The molecule has 0 fully saturated rings. The molecule has 0 spiro atoms. The molecular formula is C23H44O2. The number of carbonyl (C=O) groups is 1. The lowest BCUT2D eigenvalue weighted by molar-refractivity contribution is -0.139. The second-order valence-electron chi connectivity index (χ2n) is 7.45. The van der Waals surface area contributed by atoms with Gasteiger partial charge in [-0.15, -0.1) is 0 Å². The van der Waals surface area contributed by atoms with Gasteiger partial charge >= 0.3 is 5.97 Å². The number of allylic oxidation sites excluding steroid dienone is 1. The van der Waals surface area contributed by atoms with Gasteiger partial charge in [0.1, 0.15) is 0 Å². The van der Waals surface area contributed by atoms with Gasteiger partial charge in [-0.05, 0) is 31.6 Å². The zero-order valence-electron chi connectivity index (χ0n) is 17.4. The topological polar surface area (TPSA) is 26.3 Å². The van der Waals surface area contributed by atoms with Crippen LogP contribution in [0.4, 0.5) is 0 Å². The first-order chi connectivity index (χ1) is 12.2. The van der Waals surface area contributed by atoms with E-state index in [4.69, 9.17) is 4.74 Å². The molecule has 0 aliphatic rings. The third-order valence-electron chi connectivity index (χ3n) is 4.87. The second kappa shape index (κ2) is 19.5. The van der Waals surface area contributed by atoms with E-state index in [1.165, 1.54) is 89.9 Å². The number of unbranched alkanes of at least 4 members (excludes halogenated alkanes) is 10. The Morgan fingerprint density at radius 2 is 1.32 bits per heavy atom. The molecule has 0 aromatic heterocycles. The second-order valence-corrected chi connectivity index (χ2v) is 7.45. The van der Waals surface area contributed by atoms with Crippen LogP contribution in [-0.4, -0.2) is 12.6 Å². The first kappa shape index (κ1) is 24.2. The highest BCUT2D eigenvalue weighted by Crippen LogP contribution is 2.18. The maximum absolute atomic E-state index is 11.9. The van der Waals surface area contributed by atoms with Gasteiger partial charge in [0.05, 0.1) is 6.61 Å². The molecule has 2 nitrogen and oxygen atoms in total. The Bertz CT molecular complexity index is 309. The quantitative estimate of drug-likeness (QED) is 0.144. The van der Waals surface area contributed by atoms with Gasteiger partial charge in [0.25, 0.3) is 0 Å². The van der Waals surface area contributed by atoms with E-state index in [2.05, 4.69) is 20.8 Å². The highest BCUT2D eigenvalue weighted by Gasteiger charge is 2.10. The first-order valence-corrected chi connectivity index (χ1v) is 11.1. The van der Waals surface area contributed by atoms with Crippen LogP contribution in [0.5, 0.6) is 0 Å². The van der Waals surface area contributed by atoms with Crippen molar-refractivity contribution in [3.05, 3.63) is 12.2 Å². The number of hydrogen-bond donors (Lipinski definition) is 0. The van der Waals surface area contributed by atoms with Crippen molar-refractivity contribution in [2.75, 3.05) is 6.61 Å². The van der Waals surface area contributed by atoms with Crippen LogP contribution < -0.4 is 0 Å². The molecule has 0 heterocycles. The SMILES string of the molecule is CCCCCCCC/C=C/C(=O)OCC(CCCC)CCCCCC. The monoisotopic (exact) mass is 352 g/mol. The normalized spacial score (nSPS) is 12.6. The van der Waals surface area contributed by atoms with Crippen molar-refractivity contribution in [3.63, 3.8) is 0 Å². The summed E-state index contributed by atoms with van der Waals surface area (Å²) in [5, 5.41) is 0. The van der Waals surface area contributed by atoms with Gasteiger partial charge in [-0.25, -0.2) is 4.79 Å². The van der Waals surface area contributed by atoms with Crippen LogP contribution in [0.1, 0.15) is 117 Å². The molecule has 0 aromatic rings. The minimum absolute atomic E-state index is 0.152. The maximum atomic E-state index is 11.9. The predicted octanol–water partition coefficient (Wildman–Crippen LogP) is 7.61. The number of rotatable bonds is 18. The van der Waals surface area contributed by atoms with Crippen LogP contribution in [0.3, 0.4) is 0 Å². The zero-order chi connectivity index (χ0) is 18.6. The number of esters is 1. The average Bonchev–Trinajstić information content (AvgIpc) is 2.62. The molecular weight excluding hydrogens is 308 g/mol. The fraction of sp³-hybridized carbons (Fsp3) is 0.870. The molecule has 0 N–H and O–H groups in total. The number of carbonyl (C=O) groups excluding carboxylic acids is 1. The molecule has 25 heavy (non-hydrogen) atoms. The van der Waals surface area contributed by atoms with Gasteiger partial charge in [0, 0.05) is 6.08 Å². The minimum Gasteiger partial charge on any atom is -0.462 e. The molecule has 0 saturated carbocycles. The summed E-state index contributed by atoms with van der Waals surface area (Å²) >= 11 is 0. The highest BCUT2D eigenvalue weighted by atomic mass is 16.5. The van der Waals surface area contributed by atoms with Crippen molar-refractivity contribution >= 4 is 5.97 Å². The lowest BCUT2D eigenvalue weighted by Gasteiger charge is -2.16. The van der Waals surface area contributed by atoms with Gasteiger partial charge in [-0.2, -0.15) is 0 Å². The highest BCUT2D eigenvalue weighted by molar-refractivity contribution is 5.81. The largest absolute Gasteiger partial charge is 0.462 e. The van der Waals surface area contributed by atoms with E-state index in [1.807, 2.05) is 6.08 Å². The third-order valence-corrected chi connectivity index (χ3v) is 4.87. The van der Waals surface area contributed by atoms with Crippen LogP contribution in [0.2, 0.25) is 0 Å². The number of hydrogen-bond acceptors (Lipinski definition) is 2. The molecule has 1 unspecified atom stereocenters. The van der Waals surface area contributed by atoms with Gasteiger partial charge in [-0.1, -0.05) is 97.5 Å². The van der Waals surface area contributed by atoms with Crippen molar-refractivity contribution in [1.82, 2.24) is 0 Å². The van der Waals surface area contributed by atoms with Crippen LogP contribution in [-0.2, 0) is 9.53 Å². The molecule has 0 bridgehead atoms. The first-order valence-electron chi connectivity index (χ1n) is 11.1. The van der Waals surface area contributed by atoms with Crippen molar-refractivity contribution in [2.45, 2.75) is 117 Å². The standard InChI is InChI=1S/C23H44O2/c1-4-7-10-12-13-14-15-17-20-23(24)25-21-22(18-9-6-3)19-16-11-8-5-2/h17,20,22H,4-16,18-19,21H2,1-3H3/b20-17+. The van der Waals surface area contributed by atoms with Gasteiger partial charge in [0.15, 0.2) is 0 Å². The van der Waals surface area contributed by atoms with Gasteiger partial charge in [0.2, 0.25) is 0 Å². The van der Waals surface area contributed by atoms with Crippen LogP contribution in [0.15, 0.2) is 12.2 Å². The fourth-order valence-corrected chi connectivity index (χ4v) is 3.13. The minimum atomic E-state index is -0.152. The third kappa shape index (κ3) is 17.8. The fourth-order valence-electron chi connectivity index (χ4n) is 3.13. The van der Waals surface area contributed by atoms with E-state index in [0.29, 0.717) is 12.5 Å². The molecule has 0 aliphatic heterocycles. The van der Waals surface area contributed by atoms with E-state index in [-0.39, 0.29) is 5.97 Å². The molecule has 1 atom stereocenters. The summed E-state index contributed by atoms with van der Waals surface area (Å²) in [6.45, 7) is 7.32. The van der Waals surface area contributed by atoms with Gasteiger partial charge in [-0.3, -0.25) is 0 Å². The van der Waals surface area contributed by atoms with Crippen molar-refractivity contribution < 1.29 is 9.53 Å². The Hall–Kier alpha value is -0.790. The molecule has 148 valence electrons. The van der Waals surface area contributed by atoms with E-state index in [1.54, 1.807) is 6.08 Å². The summed E-state index contributed by atoms with van der Waals surface area (Å²) in [7, 11) is 0. The van der Waals surface area contributed by atoms with E-state index in [9.17, 15) is 4.79 Å². The smallest absolute Gasteiger partial charge is 0.330 e. The Balaban J connectivity index is 3.81. The van der Waals surface area contributed by atoms with E-state index >= 15 is 0 Å². The Morgan fingerprint density at radius 3 is 2.00 bits per heavy atom. The van der Waals surface area contributed by atoms with E-state index in [0.717, 1.165) is 6.42 Å². The summed E-state index contributed by atoms with van der Waals surface area (Å²) in [6, 6.07) is 0. The van der Waals surface area contributed by atoms with Crippen molar-refractivity contribution in [3.8, 4) is 0 Å². The molecule has 0 aromatic carbocycles.